The van der Waals surface area contributed by atoms with E-state index in [1.54, 1.807) is 0 Å². The quantitative estimate of drug-likeness (QED) is 0.571. The van der Waals surface area contributed by atoms with Gasteiger partial charge in [-0.05, 0) is 0 Å². The van der Waals surface area contributed by atoms with Gasteiger partial charge >= 0.3 is 108 Å². The summed E-state index contributed by atoms with van der Waals surface area (Å²) in [5.41, 5.74) is 5.15. The molecule has 0 aliphatic rings. The van der Waals surface area contributed by atoms with Gasteiger partial charge in [0, 0.05) is 0 Å². The fourth-order valence-electron chi connectivity index (χ4n) is 1.83. The van der Waals surface area contributed by atoms with E-state index in [4.69, 9.17) is 4.65 Å². The molecule has 0 bridgehead atoms. The molecule has 0 fully saturated rings. The average molecular weight is 275 g/mol. The van der Waals surface area contributed by atoms with Crippen LogP contribution in [0.5, 0.6) is 0 Å². The molecule has 0 aliphatic heterocycles. The van der Waals surface area contributed by atoms with Gasteiger partial charge in [0.05, 0.1) is 0 Å². The Morgan fingerprint density at radius 2 is 1.75 bits per heavy atom. The van der Waals surface area contributed by atoms with Crippen molar-refractivity contribution in [3.63, 3.8) is 0 Å². The molecule has 1 nitrogen and oxygen atoms in total. The van der Waals surface area contributed by atoms with E-state index in [9.17, 15) is 0 Å². The van der Waals surface area contributed by atoms with Crippen molar-refractivity contribution in [2.75, 3.05) is 6.61 Å². The van der Waals surface area contributed by atoms with Crippen LogP contribution in [0.2, 0.25) is 5.25 Å². The molecular weight excluding hydrogens is 256 g/mol. The van der Waals surface area contributed by atoms with E-state index in [-0.39, 0.29) is 0 Å². The van der Waals surface area contributed by atoms with Crippen LogP contribution >= 0.6 is 0 Å². The van der Waals surface area contributed by atoms with Gasteiger partial charge < -0.3 is 0 Å². The molecule has 84 valence electrons. The molecule has 1 aromatic carbocycles. The van der Waals surface area contributed by atoms with Crippen LogP contribution in [0.25, 0.3) is 0 Å². The second kappa shape index (κ2) is 7.18. The third-order valence-corrected chi connectivity index (χ3v) is 3.37. The van der Waals surface area contributed by atoms with Crippen molar-refractivity contribution in [1.82, 2.24) is 0 Å². The number of benzene rings is 1. The first-order valence-corrected chi connectivity index (χ1v) is 7.30. The molecule has 0 saturated heterocycles. The molecular formula is C13H19BGeO. The number of rotatable bonds is 6. The summed E-state index contributed by atoms with van der Waals surface area (Å²) in [6.45, 7) is 7.24. The van der Waals surface area contributed by atoms with E-state index in [1.807, 2.05) is 7.48 Å². The van der Waals surface area contributed by atoms with Gasteiger partial charge in [0.15, 0.2) is 0 Å². The Hall–Kier alpha value is -0.212. The molecule has 1 rings (SSSR count). The first-order chi connectivity index (χ1) is 7.65. The van der Waals surface area contributed by atoms with Crippen molar-refractivity contribution < 1.29 is 4.65 Å². The van der Waals surface area contributed by atoms with Gasteiger partial charge in [-0.15, -0.1) is 0 Å². The molecule has 0 spiro atoms. The van der Waals surface area contributed by atoms with E-state index in [2.05, 4.69) is 49.4 Å². The second-order valence-corrected chi connectivity index (χ2v) is 5.31. The maximum absolute atomic E-state index is 5.60. The summed E-state index contributed by atoms with van der Waals surface area (Å²) in [7, 11) is 1.92. The molecule has 0 saturated carbocycles. The van der Waals surface area contributed by atoms with E-state index in [0.29, 0.717) is 0 Å². The van der Waals surface area contributed by atoms with E-state index in [0.717, 1.165) is 13.0 Å². The Kier molecular flexibility index (Phi) is 6.22. The molecule has 0 amide bonds. The van der Waals surface area contributed by atoms with Gasteiger partial charge in [0.1, 0.15) is 0 Å². The summed E-state index contributed by atoms with van der Waals surface area (Å²) >= 11 is 2.21. The molecule has 16 heavy (non-hydrogen) atoms. The molecule has 4 radical (unpaired) electrons. The Labute approximate surface area is 108 Å². The topological polar surface area (TPSA) is 9.23 Å². The van der Waals surface area contributed by atoms with Gasteiger partial charge in [-0.25, -0.2) is 0 Å². The maximum atomic E-state index is 5.60. The summed E-state index contributed by atoms with van der Waals surface area (Å²) in [5, 5.41) is 1.24. The van der Waals surface area contributed by atoms with Crippen LogP contribution in [-0.4, -0.2) is 30.6 Å². The third kappa shape index (κ3) is 4.34. The Morgan fingerprint density at radius 1 is 1.12 bits per heavy atom. The summed E-state index contributed by atoms with van der Waals surface area (Å²) in [6, 6.07) is 4.41. The minimum atomic E-state index is 0.834. The van der Waals surface area contributed by atoms with Gasteiger partial charge in [0.25, 0.3) is 0 Å². The van der Waals surface area contributed by atoms with E-state index < -0.39 is 0 Å². The van der Waals surface area contributed by atoms with Gasteiger partial charge in [-0.1, -0.05) is 0 Å². The average Bonchev–Trinajstić information content (AvgIpc) is 2.20. The van der Waals surface area contributed by atoms with Crippen LogP contribution in [0.15, 0.2) is 12.1 Å². The predicted octanol–water partition coefficient (Wildman–Crippen LogP) is 2.24. The van der Waals surface area contributed by atoms with Gasteiger partial charge in [-0.3, -0.25) is 0 Å². The van der Waals surface area contributed by atoms with Crippen LogP contribution in [0.1, 0.15) is 29.5 Å². The number of unbranched alkanes of at least 4 members (excludes halogenated alkanes) is 1. The monoisotopic (exact) mass is 276 g/mol. The van der Waals surface area contributed by atoms with Crippen molar-refractivity contribution in [2.45, 2.75) is 38.9 Å². The Morgan fingerprint density at radius 3 is 2.31 bits per heavy atom. The molecule has 0 aromatic heterocycles. The predicted molar refractivity (Wildman–Crippen MR) is 71.8 cm³/mol. The summed E-state index contributed by atoms with van der Waals surface area (Å²) in [4.78, 5) is 0. The van der Waals surface area contributed by atoms with Gasteiger partial charge in [0.2, 0.25) is 0 Å². The van der Waals surface area contributed by atoms with Crippen LogP contribution in [0.4, 0.5) is 0 Å². The van der Waals surface area contributed by atoms with Gasteiger partial charge in [-0.2, -0.15) is 0 Å². The van der Waals surface area contributed by atoms with Crippen LogP contribution in [0.3, 0.4) is 0 Å². The zero-order chi connectivity index (χ0) is 12.0. The van der Waals surface area contributed by atoms with Crippen molar-refractivity contribution in [3.05, 3.63) is 28.8 Å². The van der Waals surface area contributed by atoms with Crippen molar-refractivity contribution in [1.29, 1.82) is 0 Å². The molecule has 0 unspecified atom stereocenters. The number of hydrogen-bond acceptors (Lipinski definition) is 1. The second-order valence-electron chi connectivity index (χ2n) is 4.26. The molecule has 0 heterocycles. The Bertz CT molecular complexity index is 316. The van der Waals surface area contributed by atoms with Crippen LogP contribution in [-0.2, 0) is 4.65 Å². The van der Waals surface area contributed by atoms with Crippen molar-refractivity contribution >= 4 is 29.5 Å². The van der Waals surface area contributed by atoms with E-state index >= 15 is 0 Å². The zero-order valence-electron chi connectivity index (χ0n) is 10.5. The molecule has 0 aliphatic carbocycles. The summed E-state index contributed by atoms with van der Waals surface area (Å²) in [6.07, 6.45) is 2.40. The normalized spacial score (nSPS) is 10.5. The number of aryl methyl sites for hydroxylation is 3. The fourth-order valence-corrected chi connectivity index (χ4v) is 2.35. The third-order valence-electron chi connectivity index (χ3n) is 2.63. The van der Waals surface area contributed by atoms with Crippen LogP contribution < -0.4 is 5.46 Å². The molecule has 3 heteroatoms. The van der Waals surface area contributed by atoms with Crippen molar-refractivity contribution in [2.24, 2.45) is 0 Å². The SMILES string of the molecule is Cc1cc(C)c([B]OCCC[CH2][Ge])c(C)c1. The van der Waals surface area contributed by atoms with E-state index in [1.165, 1.54) is 33.8 Å². The fraction of sp³-hybridized carbons (Fsp3) is 0.538. The zero-order valence-corrected chi connectivity index (χ0v) is 12.6. The standard InChI is InChI=1S/C13H19BGeO/c1-10-8-11(2)13(12(3)9-10)14-16-7-5-4-6-15/h8-9H,4-7H2,1-3H3. The minimum absolute atomic E-state index is 0.834. The summed E-state index contributed by atoms with van der Waals surface area (Å²) < 4.78 is 5.60. The molecule has 1 aromatic rings. The first-order valence-electron chi connectivity index (χ1n) is 5.82. The van der Waals surface area contributed by atoms with Crippen molar-refractivity contribution in [3.8, 4) is 0 Å². The Balaban J connectivity index is 2.47. The van der Waals surface area contributed by atoms with Crippen LogP contribution in [0, 0.1) is 20.8 Å². The molecule has 0 N–H and O–H groups in total. The first kappa shape index (κ1) is 13.9. The molecule has 0 atom stereocenters. The number of hydrogen-bond donors (Lipinski definition) is 0. The summed E-state index contributed by atoms with van der Waals surface area (Å²) in [5.74, 6) is 0.